The Hall–Kier alpha value is -0.850. The average Bonchev–Trinajstić information content (AvgIpc) is 2.30. The molecule has 0 bridgehead atoms. The van der Waals surface area contributed by atoms with Crippen LogP contribution >= 0.6 is 12.4 Å². The van der Waals surface area contributed by atoms with E-state index in [1.54, 1.807) is 4.90 Å². The van der Waals surface area contributed by atoms with Gasteiger partial charge in [-0.25, -0.2) is 0 Å². The molecule has 2 heterocycles. The van der Waals surface area contributed by atoms with Crippen molar-refractivity contribution in [2.45, 2.75) is 12.5 Å². The van der Waals surface area contributed by atoms with Gasteiger partial charge >= 0.3 is 0 Å². The molecule has 2 aliphatic heterocycles. The molecule has 7 heteroatoms. The minimum atomic E-state index is -0.0764. The minimum Gasteiger partial charge on any atom is -0.378 e. The van der Waals surface area contributed by atoms with Crippen LogP contribution in [0, 0.1) is 0 Å². The normalized spacial score (nSPS) is 24.8. The predicted molar refractivity (Wildman–Crippen MR) is 64.1 cm³/mol. The highest BCUT2D eigenvalue weighted by Crippen LogP contribution is 2.04. The molecule has 2 N–H and O–H groups in total. The first-order valence-electron chi connectivity index (χ1n) is 5.61. The van der Waals surface area contributed by atoms with Crippen LogP contribution in [0.5, 0.6) is 0 Å². The van der Waals surface area contributed by atoms with Crippen molar-refractivity contribution in [3.8, 4) is 0 Å². The molecular formula is C10H18ClN3O3. The summed E-state index contributed by atoms with van der Waals surface area (Å²) in [5.41, 5.74) is 0. The largest absolute Gasteiger partial charge is 0.378 e. The van der Waals surface area contributed by atoms with Crippen LogP contribution in [-0.2, 0) is 14.3 Å². The van der Waals surface area contributed by atoms with Crippen LogP contribution in [0.15, 0.2) is 0 Å². The molecular weight excluding hydrogens is 246 g/mol. The average molecular weight is 264 g/mol. The summed E-state index contributed by atoms with van der Waals surface area (Å²) in [6.45, 7) is 3.42. The lowest BCUT2D eigenvalue weighted by atomic mass is 10.1. The Morgan fingerprint density at radius 1 is 1.47 bits per heavy atom. The molecule has 6 nitrogen and oxygen atoms in total. The quantitative estimate of drug-likeness (QED) is 0.653. The molecule has 17 heavy (non-hydrogen) atoms. The second-order valence-electron chi connectivity index (χ2n) is 4.10. The molecule has 2 amide bonds. The Morgan fingerprint density at radius 2 is 2.29 bits per heavy atom. The van der Waals surface area contributed by atoms with E-state index in [-0.39, 0.29) is 36.8 Å². The summed E-state index contributed by atoms with van der Waals surface area (Å²) < 4.78 is 5.28. The summed E-state index contributed by atoms with van der Waals surface area (Å²) in [4.78, 5) is 24.6. The minimum absolute atomic E-state index is 0. The van der Waals surface area contributed by atoms with Crippen molar-refractivity contribution in [3.63, 3.8) is 0 Å². The Bertz CT molecular complexity index is 282. The zero-order valence-electron chi connectivity index (χ0n) is 9.61. The molecule has 0 saturated carbocycles. The van der Waals surface area contributed by atoms with Gasteiger partial charge in [-0.3, -0.25) is 9.59 Å². The fourth-order valence-electron chi connectivity index (χ4n) is 1.94. The molecule has 0 aromatic carbocycles. The number of nitrogens with one attached hydrogen (secondary N) is 2. The zero-order valence-corrected chi connectivity index (χ0v) is 10.4. The lowest BCUT2D eigenvalue weighted by Crippen LogP contribution is -2.52. The second-order valence-corrected chi connectivity index (χ2v) is 4.10. The second kappa shape index (κ2) is 6.78. The standard InChI is InChI=1S/C10H17N3O3.ClH/c14-9-6-13(3-1-12-9)10(15)5-8-7-16-4-2-11-8;/h8,11H,1-7H2,(H,12,14);1H. The highest BCUT2D eigenvalue weighted by atomic mass is 35.5. The van der Waals surface area contributed by atoms with E-state index in [1.807, 2.05) is 0 Å². The highest BCUT2D eigenvalue weighted by Gasteiger charge is 2.24. The molecule has 2 rings (SSSR count). The Labute approximate surface area is 106 Å². The first kappa shape index (κ1) is 14.2. The third-order valence-electron chi connectivity index (χ3n) is 2.81. The van der Waals surface area contributed by atoms with Crippen molar-refractivity contribution in [1.29, 1.82) is 0 Å². The lowest BCUT2D eigenvalue weighted by Gasteiger charge is -2.29. The highest BCUT2D eigenvalue weighted by molar-refractivity contribution is 5.86. The van der Waals surface area contributed by atoms with Gasteiger partial charge in [-0.1, -0.05) is 0 Å². The predicted octanol–water partition coefficient (Wildman–Crippen LogP) is -1.25. The van der Waals surface area contributed by atoms with Gasteiger partial charge in [0.2, 0.25) is 11.8 Å². The number of piperazine rings is 1. The van der Waals surface area contributed by atoms with Crippen LogP contribution in [0.25, 0.3) is 0 Å². The van der Waals surface area contributed by atoms with E-state index in [9.17, 15) is 9.59 Å². The Balaban J connectivity index is 0.00000144. The number of morpholine rings is 1. The first-order chi connectivity index (χ1) is 7.75. The van der Waals surface area contributed by atoms with E-state index in [4.69, 9.17) is 4.74 Å². The number of rotatable bonds is 2. The number of hydrogen-bond acceptors (Lipinski definition) is 4. The molecule has 0 spiro atoms. The first-order valence-corrected chi connectivity index (χ1v) is 5.61. The van der Waals surface area contributed by atoms with Gasteiger partial charge < -0.3 is 20.3 Å². The van der Waals surface area contributed by atoms with Gasteiger partial charge in [0.25, 0.3) is 0 Å². The van der Waals surface area contributed by atoms with Crippen LogP contribution in [0.4, 0.5) is 0 Å². The number of amides is 2. The summed E-state index contributed by atoms with van der Waals surface area (Å²) in [7, 11) is 0. The number of carbonyl (C=O) groups is 2. The van der Waals surface area contributed by atoms with E-state index >= 15 is 0 Å². The zero-order chi connectivity index (χ0) is 11.4. The van der Waals surface area contributed by atoms with Gasteiger partial charge in [-0.2, -0.15) is 0 Å². The summed E-state index contributed by atoms with van der Waals surface area (Å²) in [5, 5.41) is 5.92. The SMILES string of the molecule is Cl.O=C1CN(C(=O)CC2COCCN2)CCN1. The Morgan fingerprint density at radius 3 is 2.94 bits per heavy atom. The van der Waals surface area contributed by atoms with Gasteiger partial charge in [0, 0.05) is 32.1 Å². The maximum absolute atomic E-state index is 11.9. The molecule has 0 aromatic heterocycles. The molecule has 2 aliphatic rings. The maximum Gasteiger partial charge on any atom is 0.239 e. The van der Waals surface area contributed by atoms with Crippen molar-refractivity contribution in [3.05, 3.63) is 0 Å². The van der Waals surface area contributed by atoms with Crippen LogP contribution in [-0.4, -0.2) is 62.1 Å². The topological polar surface area (TPSA) is 70.7 Å². The summed E-state index contributed by atoms with van der Waals surface area (Å²) >= 11 is 0. The van der Waals surface area contributed by atoms with E-state index in [1.165, 1.54) is 0 Å². The number of carbonyl (C=O) groups excluding carboxylic acids is 2. The molecule has 0 aromatic rings. The van der Waals surface area contributed by atoms with E-state index in [0.29, 0.717) is 32.7 Å². The fraction of sp³-hybridized carbons (Fsp3) is 0.800. The number of hydrogen-bond donors (Lipinski definition) is 2. The lowest BCUT2D eigenvalue weighted by molar-refractivity contribution is -0.139. The van der Waals surface area contributed by atoms with Crippen molar-refractivity contribution in [2.24, 2.45) is 0 Å². The van der Waals surface area contributed by atoms with E-state index in [0.717, 1.165) is 6.54 Å². The molecule has 0 radical (unpaired) electrons. The van der Waals surface area contributed by atoms with Crippen LogP contribution in [0.3, 0.4) is 0 Å². The molecule has 2 fully saturated rings. The Kier molecular flexibility index (Phi) is 5.67. The molecule has 0 aliphatic carbocycles. The van der Waals surface area contributed by atoms with Crippen molar-refractivity contribution in [2.75, 3.05) is 39.4 Å². The molecule has 98 valence electrons. The maximum atomic E-state index is 11.9. The third kappa shape index (κ3) is 4.14. The van der Waals surface area contributed by atoms with Crippen LogP contribution in [0.2, 0.25) is 0 Å². The molecule has 2 saturated heterocycles. The van der Waals surface area contributed by atoms with Crippen LogP contribution < -0.4 is 10.6 Å². The fourth-order valence-corrected chi connectivity index (χ4v) is 1.94. The van der Waals surface area contributed by atoms with E-state index < -0.39 is 0 Å². The number of halogens is 1. The van der Waals surface area contributed by atoms with Crippen LogP contribution in [0.1, 0.15) is 6.42 Å². The number of nitrogens with zero attached hydrogens (tertiary/aromatic N) is 1. The van der Waals surface area contributed by atoms with Gasteiger partial charge in [0.05, 0.1) is 19.8 Å². The summed E-state index contributed by atoms with van der Waals surface area (Å²) in [5.74, 6) is -0.0506. The van der Waals surface area contributed by atoms with Crippen molar-refractivity contribution < 1.29 is 14.3 Å². The van der Waals surface area contributed by atoms with Gasteiger partial charge in [-0.05, 0) is 0 Å². The van der Waals surface area contributed by atoms with Crippen molar-refractivity contribution in [1.82, 2.24) is 15.5 Å². The van der Waals surface area contributed by atoms with Gasteiger partial charge in [-0.15, -0.1) is 12.4 Å². The third-order valence-corrected chi connectivity index (χ3v) is 2.81. The number of ether oxygens (including phenoxy) is 1. The van der Waals surface area contributed by atoms with Gasteiger partial charge in [0.1, 0.15) is 0 Å². The van der Waals surface area contributed by atoms with Gasteiger partial charge in [0.15, 0.2) is 0 Å². The van der Waals surface area contributed by atoms with Crippen molar-refractivity contribution >= 4 is 24.2 Å². The molecule has 1 atom stereocenters. The summed E-state index contributed by atoms with van der Waals surface area (Å²) in [6, 6.07) is 0.0891. The molecule has 1 unspecified atom stereocenters. The van der Waals surface area contributed by atoms with E-state index in [2.05, 4.69) is 10.6 Å². The smallest absolute Gasteiger partial charge is 0.239 e. The summed E-state index contributed by atoms with van der Waals surface area (Å²) in [6.07, 6.45) is 0.410. The monoisotopic (exact) mass is 263 g/mol.